The minimum atomic E-state index is -2.11. The predicted octanol–water partition coefficient (Wildman–Crippen LogP) is -5.34. The van der Waals surface area contributed by atoms with Gasteiger partial charge in [-0.2, -0.15) is 0 Å². The zero-order valence-electron chi connectivity index (χ0n) is 10.9. The van der Waals surface area contributed by atoms with Crippen molar-refractivity contribution in [2.45, 2.75) is 24.4 Å². The molecule has 0 aromatic rings. The molecule has 0 bridgehead atoms. The summed E-state index contributed by atoms with van der Waals surface area (Å²) in [6, 6.07) is 0. The molecule has 0 aromatic heterocycles. The lowest BCUT2D eigenvalue weighted by molar-refractivity contribution is -0.160. The van der Waals surface area contributed by atoms with E-state index in [9.17, 15) is 30.0 Å². The maximum atomic E-state index is 11.9. The molecule has 0 aliphatic carbocycles. The Bertz CT molecular complexity index is 323. The van der Waals surface area contributed by atoms with Crippen LogP contribution in [0.3, 0.4) is 0 Å². The molecule has 20 heavy (non-hydrogen) atoms. The molecule has 0 heterocycles. The van der Waals surface area contributed by atoms with Gasteiger partial charge >= 0.3 is 0 Å². The Morgan fingerprint density at radius 2 is 1.30 bits per heavy atom. The normalized spacial score (nSPS) is 17.1. The van der Waals surface area contributed by atoms with Crippen LogP contribution in [-0.2, 0) is 9.59 Å². The van der Waals surface area contributed by atoms with Gasteiger partial charge in [0, 0.05) is 26.2 Å². The fourth-order valence-corrected chi connectivity index (χ4v) is 1.52. The minimum Gasteiger partial charge on any atom is -0.387 e. The van der Waals surface area contributed by atoms with Crippen molar-refractivity contribution >= 4 is 11.8 Å². The largest absolute Gasteiger partial charge is 0.387 e. The molecule has 0 rings (SSSR count). The number of carbonyl (C=O) groups excluding carboxylic acids is 2. The molecule has 0 fully saturated rings. The number of amides is 2. The molecule has 0 radical (unpaired) electrons. The van der Waals surface area contributed by atoms with Gasteiger partial charge in [-0.15, -0.1) is 0 Å². The lowest BCUT2D eigenvalue weighted by Crippen LogP contribution is -2.55. The third-order valence-corrected chi connectivity index (χ3v) is 2.65. The molecule has 10 heteroatoms. The van der Waals surface area contributed by atoms with Gasteiger partial charge in [-0.1, -0.05) is 0 Å². The Balaban J connectivity index is 4.80. The average Bonchev–Trinajstić information content (AvgIpc) is 2.42. The number of primary amides is 1. The maximum absolute atomic E-state index is 11.9. The Kier molecular flexibility index (Phi) is 8.22. The quantitative estimate of drug-likeness (QED) is 0.219. The topological polar surface area (TPSA) is 196 Å². The van der Waals surface area contributed by atoms with Crippen LogP contribution in [0.5, 0.6) is 0 Å². The smallest absolute Gasteiger partial charge is 0.254 e. The van der Waals surface area contributed by atoms with Crippen molar-refractivity contribution < 1.29 is 30.0 Å². The van der Waals surface area contributed by atoms with Crippen molar-refractivity contribution in [3.63, 3.8) is 0 Å². The molecule has 0 saturated carbocycles. The second-order valence-electron chi connectivity index (χ2n) is 4.18. The number of aliphatic hydroxyl groups is 4. The van der Waals surface area contributed by atoms with E-state index in [0.29, 0.717) is 0 Å². The van der Waals surface area contributed by atoms with Crippen molar-refractivity contribution in [3.8, 4) is 0 Å². The highest BCUT2D eigenvalue weighted by molar-refractivity contribution is 5.82. The highest BCUT2D eigenvalue weighted by atomic mass is 16.4. The lowest BCUT2D eigenvalue weighted by atomic mass is 10.0. The van der Waals surface area contributed by atoms with Crippen molar-refractivity contribution in [2.75, 3.05) is 26.2 Å². The zero-order valence-corrected chi connectivity index (χ0v) is 10.9. The molecule has 0 unspecified atom stereocenters. The Hall–Kier alpha value is -1.30. The third-order valence-electron chi connectivity index (χ3n) is 2.65. The molecule has 0 aliphatic heterocycles. The molecule has 4 atom stereocenters. The standard InChI is InChI=1S/C10H22N4O6/c11-1-3-14(4-2-12)10(20)8(18)6(16)5(15)7(17)9(13)19/h5-8,15-18H,1-4,11-12H2,(H2,13,19)/t5-,6+,7+,8-/m1/s1. The SMILES string of the molecule is NCCN(CCN)C(=O)[C@H](O)[C@@H](O)[C@@H](O)[C@H](O)C(N)=O. The molecule has 10 nitrogen and oxygen atoms in total. The summed E-state index contributed by atoms with van der Waals surface area (Å²) in [5.41, 5.74) is 15.3. The monoisotopic (exact) mass is 294 g/mol. The third kappa shape index (κ3) is 5.00. The Labute approximate surface area is 115 Å². The fraction of sp³-hybridized carbons (Fsp3) is 0.800. The molecule has 2 amide bonds. The Morgan fingerprint density at radius 1 is 0.900 bits per heavy atom. The van der Waals surface area contributed by atoms with E-state index in [0.717, 1.165) is 4.90 Å². The molecule has 0 spiro atoms. The van der Waals surface area contributed by atoms with E-state index in [2.05, 4.69) is 0 Å². The van der Waals surface area contributed by atoms with Crippen molar-refractivity contribution in [3.05, 3.63) is 0 Å². The predicted molar refractivity (Wildman–Crippen MR) is 67.9 cm³/mol. The van der Waals surface area contributed by atoms with Crippen LogP contribution in [0, 0.1) is 0 Å². The first-order chi connectivity index (χ1) is 9.27. The van der Waals surface area contributed by atoms with E-state index in [1.165, 1.54) is 0 Å². The van der Waals surface area contributed by atoms with Gasteiger partial charge in [0.2, 0.25) is 5.91 Å². The summed E-state index contributed by atoms with van der Waals surface area (Å²) in [7, 11) is 0. The van der Waals surface area contributed by atoms with Crippen molar-refractivity contribution in [1.82, 2.24) is 4.90 Å². The summed E-state index contributed by atoms with van der Waals surface area (Å²) in [6.07, 6.45) is -8.32. The molecular weight excluding hydrogens is 272 g/mol. The number of hydrogen-bond donors (Lipinski definition) is 7. The number of hydrogen-bond acceptors (Lipinski definition) is 8. The number of nitrogens with zero attached hydrogens (tertiary/aromatic N) is 1. The molecule has 10 N–H and O–H groups in total. The number of carbonyl (C=O) groups is 2. The highest BCUT2D eigenvalue weighted by Gasteiger charge is 2.37. The molecule has 0 aromatic carbocycles. The lowest BCUT2D eigenvalue weighted by Gasteiger charge is -2.29. The second kappa shape index (κ2) is 8.79. The van der Waals surface area contributed by atoms with E-state index in [-0.39, 0.29) is 26.2 Å². The van der Waals surface area contributed by atoms with Gasteiger partial charge in [0.25, 0.3) is 5.91 Å². The summed E-state index contributed by atoms with van der Waals surface area (Å²) in [5, 5.41) is 37.9. The number of nitrogens with two attached hydrogens (primary N) is 3. The van der Waals surface area contributed by atoms with E-state index < -0.39 is 36.2 Å². The second-order valence-corrected chi connectivity index (χ2v) is 4.18. The Morgan fingerprint density at radius 3 is 1.65 bits per heavy atom. The van der Waals surface area contributed by atoms with Gasteiger partial charge in [0.15, 0.2) is 12.2 Å². The van der Waals surface area contributed by atoms with Crippen LogP contribution >= 0.6 is 0 Å². The minimum absolute atomic E-state index is 0.0915. The summed E-state index contributed by atoms with van der Waals surface area (Å²) in [4.78, 5) is 23.6. The van der Waals surface area contributed by atoms with Gasteiger partial charge in [-0.3, -0.25) is 9.59 Å². The highest BCUT2D eigenvalue weighted by Crippen LogP contribution is 2.08. The van der Waals surface area contributed by atoms with Crippen LogP contribution in [0.15, 0.2) is 0 Å². The molecule has 118 valence electrons. The van der Waals surface area contributed by atoms with Gasteiger partial charge in [-0.05, 0) is 0 Å². The first-order valence-corrected chi connectivity index (χ1v) is 5.98. The van der Waals surface area contributed by atoms with Crippen LogP contribution in [0.2, 0.25) is 0 Å². The zero-order chi connectivity index (χ0) is 15.9. The van der Waals surface area contributed by atoms with Gasteiger partial charge < -0.3 is 42.5 Å². The number of rotatable bonds is 9. The molecular formula is C10H22N4O6. The van der Waals surface area contributed by atoms with Gasteiger partial charge in [0.1, 0.15) is 12.2 Å². The van der Waals surface area contributed by atoms with Crippen LogP contribution in [0.4, 0.5) is 0 Å². The van der Waals surface area contributed by atoms with Crippen LogP contribution in [-0.4, -0.2) is 87.7 Å². The fourth-order valence-electron chi connectivity index (χ4n) is 1.52. The van der Waals surface area contributed by atoms with Crippen LogP contribution in [0.25, 0.3) is 0 Å². The van der Waals surface area contributed by atoms with Crippen molar-refractivity contribution in [2.24, 2.45) is 17.2 Å². The average molecular weight is 294 g/mol. The van der Waals surface area contributed by atoms with E-state index >= 15 is 0 Å². The summed E-state index contributed by atoms with van der Waals surface area (Å²) >= 11 is 0. The van der Waals surface area contributed by atoms with Crippen LogP contribution in [0.1, 0.15) is 0 Å². The van der Waals surface area contributed by atoms with Crippen molar-refractivity contribution in [1.29, 1.82) is 0 Å². The molecule has 0 saturated heterocycles. The van der Waals surface area contributed by atoms with Crippen LogP contribution < -0.4 is 17.2 Å². The first-order valence-electron chi connectivity index (χ1n) is 5.98. The van der Waals surface area contributed by atoms with E-state index in [1.54, 1.807) is 0 Å². The van der Waals surface area contributed by atoms with Gasteiger partial charge in [0.05, 0.1) is 0 Å². The summed E-state index contributed by atoms with van der Waals surface area (Å²) < 4.78 is 0. The first kappa shape index (κ1) is 18.7. The summed E-state index contributed by atoms with van der Waals surface area (Å²) in [6.45, 7) is 0.407. The molecule has 0 aliphatic rings. The summed E-state index contributed by atoms with van der Waals surface area (Å²) in [5.74, 6) is -2.22. The van der Waals surface area contributed by atoms with Gasteiger partial charge in [-0.25, -0.2) is 0 Å². The van der Waals surface area contributed by atoms with E-state index in [1.807, 2.05) is 0 Å². The van der Waals surface area contributed by atoms with E-state index in [4.69, 9.17) is 17.2 Å². The number of aliphatic hydroxyl groups excluding tert-OH is 4. The maximum Gasteiger partial charge on any atom is 0.254 e.